The Morgan fingerprint density at radius 1 is 1.31 bits per heavy atom. The SMILES string of the molecule is CCOCCOC(/C=C/I)C(C)C. The Kier molecular flexibility index (Phi) is 9.23. The van der Waals surface area contributed by atoms with E-state index in [0.717, 1.165) is 6.61 Å². The first-order valence-electron chi connectivity index (χ1n) is 4.68. The van der Waals surface area contributed by atoms with Gasteiger partial charge in [-0.2, -0.15) is 0 Å². The topological polar surface area (TPSA) is 18.5 Å². The molecule has 3 heteroatoms. The first-order valence-corrected chi connectivity index (χ1v) is 5.93. The molecule has 0 aliphatic rings. The Balaban J connectivity index is 3.57. The van der Waals surface area contributed by atoms with Gasteiger partial charge >= 0.3 is 0 Å². The average molecular weight is 298 g/mol. The van der Waals surface area contributed by atoms with Crippen LogP contribution in [0.3, 0.4) is 0 Å². The zero-order valence-electron chi connectivity index (χ0n) is 8.63. The van der Waals surface area contributed by atoms with E-state index in [0.29, 0.717) is 19.1 Å². The van der Waals surface area contributed by atoms with Crippen molar-refractivity contribution in [2.45, 2.75) is 26.9 Å². The second-order valence-electron chi connectivity index (χ2n) is 3.09. The maximum atomic E-state index is 5.63. The number of ether oxygens (including phenoxy) is 2. The molecule has 2 nitrogen and oxygen atoms in total. The Hall–Kier alpha value is 0.390. The molecule has 0 rings (SSSR count). The van der Waals surface area contributed by atoms with E-state index in [-0.39, 0.29) is 6.10 Å². The summed E-state index contributed by atoms with van der Waals surface area (Å²) in [4.78, 5) is 0. The van der Waals surface area contributed by atoms with Gasteiger partial charge < -0.3 is 9.47 Å². The molecule has 0 fully saturated rings. The lowest BCUT2D eigenvalue weighted by Gasteiger charge is -2.17. The molecule has 13 heavy (non-hydrogen) atoms. The molecular weight excluding hydrogens is 279 g/mol. The molecule has 0 saturated carbocycles. The van der Waals surface area contributed by atoms with Crippen LogP contribution < -0.4 is 0 Å². The minimum Gasteiger partial charge on any atom is -0.379 e. The standard InChI is InChI=1S/C10H19IO2/c1-4-12-7-8-13-10(5-6-11)9(2)3/h5-6,9-10H,4,7-8H2,1-3H3/b6-5+. The van der Waals surface area contributed by atoms with Crippen LogP contribution in [-0.2, 0) is 9.47 Å². The van der Waals surface area contributed by atoms with Gasteiger partial charge in [0.25, 0.3) is 0 Å². The zero-order chi connectivity index (χ0) is 10.1. The lowest BCUT2D eigenvalue weighted by Crippen LogP contribution is -2.19. The first-order chi connectivity index (χ1) is 6.22. The maximum absolute atomic E-state index is 5.63. The van der Waals surface area contributed by atoms with Crippen molar-refractivity contribution >= 4 is 22.6 Å². The summed E-state index contributed by atoms with van der Waals surface area (Å²) in [6, 6.07) is 0. The first kappa shape index (κ1) is 13.4. The van der Waals surface area contributed by atoms with Gasteiger partial charge in [-0.15, -0.1) is 0 Å². The van der Waals surface area contributed by atoms with E-state index in [1.54, 1.807) is 0 Å². The number of hydrogen-bond donors (Lipinski definition) is 0. The van der Waals surface area contributed by atoms with Gasteiger partial charge in [0.15, 0.2) is 0 Å². The van der Waals surface area contributed by atoms with Crippen molar-refractivity contribution in [1.82, 2.24) is 0 Å². The van der Waals surface area contributed by atoms with Crippen LogP contribution in [0.2, 0.25) is 0 Å². The predicted octanol–water partition coefficient (Wildman–Crippen LogP) is 3.01. The fraction of sp³-hybridized carbons (Fsp3) is 0.800. The van der Waals surface area contributed by atoms with Gasteiger partial charge in [0.05, 0.1) is 19.3 Å². The Bertz CT molecular complexity index is 135. The lowest BCUT2D eigenvalue weighted by molar-refractivity contribution is 0.00982. The average Bonchev–Trinajstić information content (AvgIpc) is 2.10. The molecule has 0 N–H and O–H groups in total. The third kappa shape index (κ3) is 7.46. The summed E-state index contributed by atoms with van der Waals surface area (Å²) in [5.41, 5.74) is 0. The van der Waals surface area contributed by atoms with Gasteiger partial charge in [0.2, 0.25) is 0 Å². The summed E-state index contributed by atoms with van der Waals surface area (Å²) in [6.45, 7) is 8.43. The molecule has 0 aliphatic heterocycles. The molecule has 1 atom stereocenters. The summed E-state index contributed by atoms with van der Waals surface area (Å²) in [6.07, 6.45) is 2.30. The van der Waals surface area contributed by atoms with E-state index >= 15 is 0 Å². The van der Waals surface area contributed by atoms with Crippen molar-refractivity contribution in [1.29, 1.82) is 0 Å². The zero-order valence-corrected chi connectivity index (χ0v) is 10.8. The van der Waals surface area contributed by atoms with Crippen LogP contribution in [0.5, 0.6) is 0 Å². The smallest absolute Gasteiger partial charge is 0.0787 e. The fourth-order valence-electron chi connectivity index (χ4n) is 0.929. The van der Waals surface area contributed by atoms with Crippen molar-refractivity contribution in [3.63, 3.8) is 0 Å². The predicted molar refractivity (Wildman–Crippen MR) is 64.2 cm³/mol. The molecule has 0 spiro atoms. The van der Waals surface area contributed by atoms with Gasteiger partial charge in [-0.05, 0) is 23.0 Å². The van der Waals surface area contributed by atoms with Crippen molar-refractivity contribution in [3.05, 3.63) is 10.2 Å². The number of halogens is 1. The molecule has 0 aromatic carbocycles. The van der Waals surface area contributed by atoms with Crippen LogP contribution in [0.4, 0.5) is 0 Å². The van der Waals surface area contributed by atoms with Gasteiger partial charge in [0.1, 0.15) is 0 Å². The van der Waals surface area contributed by atoms with E-state index in [2.05, 4.69) is 42.5 Å². The molecule has 0 saturated heterocycles. The van der Waals surface area contributed by atoms with Crippen LogP contribution in [0.15, 0.2) is 10.2 Å². The minimum atomic E-state index is 0.220. The Morgan fingerprint density at radius 2 is 2.00 bits per heavy atom. The largest absolute Gasteiger partial charge is 0.379 e. The van der Waals surface area contributed by atoms with Crippen molar-refractivity contribution in [2.24, 2.45) is 5.92 Å². The molecular formula is C10H19IO2. The van der Waals surface area contributed by atoms with E-state index in [9.17, 15) is 0 Å². The van der Waals surface area contributed by atoms with Crippen molar-refractivity contribution in [3.8, 4) is 0 Å². The quantitative estimate of drug-likeness (QED) is 0.531. The second kappa shape index (κ2) is 8.97. The summed E-state index contributed by atoms with van der Waals surface area (Å²) in [7, 11) is 0. The Morgan fingerprint density at radius 3 is 2.46 bits per heavy atom. The summed E-state index contributed by atoms with van der Waals surface area (Å²) in [5, 5.41) is 0. The molecule has 0 heterocycles. The van der Waals surface area contributed by atoms with Crippen LogP contribution in [0, 0.1) is 5.92 Å². The molecule has 0 aromatic rings. The fourth-order valence-corrected chi connectivity index (χ4v) is 1.34. The molecule has 78 valence electrons. The molecule has 0 amide bonds. The highest BCUT2D eigenvalue weighted by atomic mass is 127. The number of hydrogen-bond acceptors (Lipinski definition) is 2. The normalized spacial score (nSPS) is 14.2. The molecule has 0 bridgehead atoms. The van der Waals surface area contributed by atoms with Gasteiger partial charge in [0, 0.05) is 6.61 Å². The van der Waals surface area contributed by atoms with E-state index < -0.39 is 0 Å². The maximum Gasteiger partial charge on any atom is 0.0787 e. The van der Waals surface area contributed by atoms with E-state index in [4.69, 9.17) is 9.47 Å². The molecule has 0 aromatic heterocycles. The van der Waals surface area contributed by atoms with Crippen molar-refractivity contribution in [2.75, 3.05) is 19.8 Å². The van der Waals surface area contributed by atoms with Gasteiger partial charge in [-0.25, -0.2) is 0 Å². The van der Waals surface area contributed by atoms with E-state index in [1.165, 1.54) is 0 Å². The van der Waals surface area contributed by atoms with Crippen LogP contribution in [0.25, 0.3) is 0 Å². The highest BCUT2D eigenvalue weighted by molar-refractivity contribution is 14.1. The van der Waals surface area contributed by atoms with Crippen LogP contribution in [0.1, 0.15) is 20.8 Å². The highest BCUT2D eigenvalue weighted by Crippen LogP contribution is 2.09. The van der Waals surface area contributed by atoms with Gasteiger partial charge in [-0.3, -0.25) is 0 Å². The molecule has 0 radical (unpaired) electrons. The Labute approximate surface area is 94.8 Å². The monoisotopic (exact) mass is 298 g/mol. The third-order valence-electron chi connectivity index (χ3n) is 1.66. The third-order valence-corrected chi connectivity index (χ3v) is 2.08. The lowest BCUT2D eigenvalue weighted by atomic mass is 10.1. The molecule has 0 aliphatic carbocycles. The summed E-state index contributed by atoms with van der Waals surface area (Å²) in [5.74, 6) is 0.521. The number of rotatable bonds is 7. The summed E-state index contributed by atoms with van der Waals surface area (Å²) < 4.78 is 12.8. The van der Waals surface area contributed by atoms with E-state index in [1.807, 2.05) is 11.0 Å². The van der Waals surface area contributed by atoms with Crippen LogP contribution >= 0.6 is 22.6 Å². The second-order valence-corrected chi connectivity index (χ2v) is 3.81. The van der Waals surface area contributed by atoms with Crippen LogP contribution in [-0.4, -0.2) is 25.9 Å². The summed E-state index contributed by atoms with van der Waals surface area (Å²) >= 11 is 2.21. The molecule has 1 unspecified atom stereocenters. The van der Waals surface area contributed by atoms with Gasteiger partial charge in [-0.1, -0.05) is 36.4 Å². The minimum absolute atomic E-state index is 0.220. The highest BCUT2D eigenvalue weighted by Gasteiger charge is 2.08. The van der Waals surface area contributed by atoms with Crippen molar-refractivity contribution < 1.29 is 9.47 Å².